The molecule has 0 fully saturated rings. The molecule has 0 saturated heterocycles. The summed E-state index contributed by atoms with van der Waals surface area (Å²) in [6.07, 6.45) is 6.19. The van der Waals surface area contributed by atoms with Crippen LogP contribution in [0.3, 0.4) is 0 Å². The van der Waals surface area contributed by atoms with Gasteiger partial charge in [-0.05, 0) is 19.8 Å². The summed E-state index contributed by atoms with van der Waals surface area (Å²) in [6.45, 7) is 11.8. The van der Waals surface area contributed by atoms with Crippen LogP contribution in [0.4, 0.5) is 0 Å². The van der Waals surface area contributed by atoms with Crippen LogP contribution in [0.2, 0.25) is 0 Å². The summed E-state index contributed by atoms with van der Waals surface area (Å²) >= 11 is 0. The average molecular weight is 136 g/mol. The first-order chi connectivity index (χ1) is 4.66. The van der Waals surface area contributed by atoms with Gasteiger partial charge < -0.3 is 0 Å². The van der Waals surface area contributed by atoms with Crippen LogP contribution in [0.25, 0.3) is 0 Å². The molecule has 0 radical (unpaired) electrons. The van der Waals surface area contributed by atoms with Gasteiger partial charge in [-0.1, -0.05) is 43.4 Å². The monoisotopic (exact) mass is 136 g/mol. The van der Waals surface area contributed by atoms with E-state index in [1.54, 1.807) is 0 Å². The summed E-state index contributed by atoms with van der Waals surface area (Å²) in [5, 5.41) is 0. The highest BCUT2D eigenvalue weighted by Gasteiger charge is 1.83. The van der Waals surface area contributed by atoms with Crippen LogP contribution in [0.5, 0.6) is 0 Å². The normalized spacial score (nSPS) is 10.2. The lowest BCUT2D eigenvalue weighted by molar-refractivity contribution is 1.04. The van der Waals surface area contributed by atoms with Crippen LogP contribution in [0, 0.1) is 0 Å². The minimum atomic E-state index is 0.989. The number of hydrogen-bond donors (Lipinski definition) is 0. The molecule has 0 aliphatic carbocycles. The van der Waals surface area contributed by atoms with Crippen LogP contribution in [0.15, 0.2) is 36.5 Å². The molecule has 0 spiro atoms. The Morgan fingerprint density at radius 2 is 2.00 bits per heavy atom. The molecular formula is C10H16. The molecule has 0 N–H and O–H groups in total. The highest BCUT2D eigenvalue weighted by Crippen LogP contribution is 2.04. The Kier molecular flexibility index (Phi) is 4.65. The van der Waals surface area contributed by atoms with Crippen molar-refractivity contribution < 1.29 is 0 Å². The Bertz CT molecular complexity index is 149. The second-order valence-corrected chi connectivity index (χ2v) is 2.56. The molecule has 0 saturated carbocycles. The van der Waals surface area contributed by atoms with E-state index in [4.69, 9.17) is 0 Å². The minimum Gasteiger partial charge on any atom is -0.0996 e. The predicted molar refractivity (Wildman–Crippen MR) is 48.0 cm³/mol. The fraction of sp³-hybridized carbons (Fsp3) is 0.400. The van der Waals surface area contributed by atoms with E-state index in [0.717, 1.165) is 18.4 Å². The van der Waals surface area contributed by atoms with Gasteiger partial charge in [0.05, 0.1) is 0 Å². The third-order valence-electron chi connectivity index (χ3n) is 1.31. The summed E-state index contributed by atoms with van der Waals surface area (Å²) in [5.74, 6) is 0. The first kappa shape index (κ1) is 9.22. The third kappa shape index (κ3) is 5.36. The van der Waals surface area contributed by atoms with Crippen molar-refractivity contribution in [3.8, 4) is 0 Å². The van der Waals surface area contributed by atoms with Crippen molar-refractivity contribution in [2.45, 2.75) is 26.7 Å². The maximum atomic E-state index is 3.89. The Hall–Kier alpha value is -0.780. The van der Waals surface area contributed by atoms with Crippen molar-refractivity contribution in [1.29, 1.82) is 0 Å². The summed E-state index contributed by atoms with van der Waals surface area (Å²) in [7, 11) is 0. The van der Waals surface area contributed by atoms with E-state index in [1.807, 2.05) is 13.0 Å². The van der Waals surface area contributed by atoms with Gasteiger partial charge in [-0.25, -0.2) is 0 Å². The molecule has 0 aromatic rings. The number of hydrogen-bond acceptors (Lipinski definition) is 0. The van der Waals surface area contributed by atoms with Gasteiger partial charge in [-0.2, -0.15) is 0 Å². The SMILES string of the molecule is C=C(C)/C=C\CC(=C)CC. The van der Waals surface area contributed by atoms with Gasteiger partial charge >= 0.3 is 0 Å². The van der Waals surface area contributed by atoms with Crippen LogP contribution >= 0.6 is 0 Å². The molecule has 0 aromatic carbocycles. The van der Waals surface area contributed by atoms with Gasteiger partial charge in [0, 0.05) is 0 Å². The second kappa shape index (κ2) is 5.04. The van der Waals surface area contributed by atoms with E-state index in [0.29, 0.717) is 0 Å². The van der Waals surface area contributed by atoms with Crippen molar-refractivity contribution in [3.63, 3.8) is 0 Å². The fourth-order valence-corrected chi connectivity index (χ4v) is 0.571. The summed E-state index contributed by atoms with van der Waals surface area (Å²) in [4.78, 5) is 0. The maximum absolute atomic E-state index is 3.89. The highest BCUT2D eigenvalue weighted by atomic mass is 13.9. The van der Waals surface area contributed by atoms with Gasteiger partial charge in [0.2, 0.25) is 0 Å². The summed E-state index contributed by atoms with van der Waals surface area (Å²) in [6, 6.07) is 0. The zero-order valence-electron chi connectivity index (χ0n) is 6.98. The summed E-state index contributed by atoms with van der Waals surface area (Å²) < 4.78 is 0. The standard InChI is InChI=1S/C10H16/c1-5-10(4)8-6-7-9(2)3/h6-7H,2,4-5,8H2,1,3H3/b7-6-. The quantitative estimate of drug-likeness (QED) is 0.410. The molecule has 0 bridgehead atoms. The summed E-state index contributed by atoms with van der Waals surface area (Å²) in [5.41, 5.74) is 2.38. The van der Waals surface area contributed by atoms with E-state index in [2.05, 4.69) is 26.2 Å². The van der Waals surface area contributed by atoms with Crippen molar-refractivity contribution in [2.24, 2.45) is 0 Å². The molecule has 0 aliphatic rings. The molecule has 0 amide bonds. The molecule has 0 aliphatic heterocycles. The minimum absolute atomic E-state index is 0.989. The molecule has 0 atom stereocenters. The number of rotatable bonds is 4. The zero-order valence-corrected chi connectivity index (χ0v) is 6.98. The molecule has 56 valence electrons. The zero-order chi connectivity index (χ0) is 7.98. The number of allylic oxidation sites excluding steroid dienone is 4. The van der Waals surface area contributed by atoms with E-state index in [1.165, 1.54) is 5.57 Å². The molecule has 0 heterocycles. The molecule has 0 heteroatoms. The van der Waals surface area contributed by atoms with Crippen molar-refractivity contribution in [3.05, 3.63) is 36.5 Å². The van der Waals surface area contributed by atoms with E-state index in [-0.39, 0.29) is 0 Å². The van der Waals surface area contributed by atoms with Gasteiger partial charge in [-0.15, -0.1) is 0 Å². The first-order valence-electron chi connectivity index (χ1n) is 3.65. The van der Waals surface area contributed by atoms with Gasteiger partial charge in [0.1, 0.15) is 0 Å². The van der Waals surface area contributed by atoms with Crippen LogP contribution in [0.1, 0.15) is 26.7 Å². The maximum Gasteiger partial charge on any atom is -0.0138 e. The van der Waals surface area contributed by atoms with E-state index >= 15 is 0 Å². The van der Waals surface area contributed by atoms with Crippen LogP contribution in [-0.2, 0) is 0 Å². The lowest BCUT2D eigenvalue weighted by Crippen LogP contribution is -1.73. The fourth-order valence-electron chi connectivity index (χ4n) is 0.571. The average Bonchev–Trinajstić information content (AvgIpc) is 1.87. The van der Waals surface area contributed by atoms with Crippen molar-refractivity contribution in [2.75, 3.05) is 0 Å². The Balaban J connectivity index is 3.53. The third-order valence-corrected chi connectivity index (χ3v) is 1.31. The Morgan fingerprint density at radius 1 is 1.40 bits per heavy atom. The Morgan fingerprint density at radius 3 is 2.40 bits per heavy atom. The first-order valence-corrected chi connectivity index (χ1v) is 3.65. The van der Waals surface area contributed by atoms with Gasteiger partial charge in [0.25, 0.3) is 0 Å². The predicted octanol–water partition coefficient (Wildman–Crippen LogP) is 3.48. The smallest absolute Gasteiger partial charge is 0.0138 e. The van der Waals surface area contributed by atoms with Gasteiger partial charge in [0.15, 0.2) is 0 Å². The molecular weight excluding hydrogens is 120 g/mol. The Labute approximate surface area is 64.0 Å². The largest absolute Gasteiger partial charge is 0.0996 e. The molecule has 0 aromatic heterocycles. The molecule has 10 heavy (non-hydrogen) atoms. The van der Waals surface area contributed by atoms with Crippen LogP contribution in [-0.4, -0.2) is 0 Å². The topological polar surface area (TPSA) is 0 Å². The van der Waals surface area contributed by atoms with Gasteiger partial charge in [-0.3, -0.25) is 0 Å². The molecule has 0 nitrogen and oxygen atoms in total. The van der Waals surface area contributed by atoms with E-state index in [9.17, 15) is 0 Å². The highest BCUT2D eigenvalue weighted by molar-refractivity contribution is 5.13. The molecule has 0 unspecified atom stereocenters. The second-order valence-electron chi connectivity index (χ2n) is 2.56. The lowest BCUT2D eigenvalue weighted by Gasteiger charge is -1.93. The van der Waals surface area contributed by atoms with E-state index < -0.39 is 0 Å². The van der Waals surface area contributed by atoms with Crippen LogP contribution < -0.4 is 0 Å². The lowest BCUT2D eigenvalue weighted by atomic mass is 10.1. The van der Waals surface area contributed by atoms with Crippen molar-refractivity contribution in [1.82, 2.24) is 0 Å². The molecule has 0 rings (SSSR count). The van der Waals surface area contributed by atoms with Crippen molar-refractivity contribution >= 4 is 0 Å².